The van der Waals surface area contributed by atoms with Crippen LogP contribution in [0.2, 0.25) is 0 Å². The van der Waals surface area contributed by atoms with E-state index in [9.17, 15) is 19.5 Å². The van der Waals surface area contributed by atoms with Crippen molar-refractivity contribution in [1.29, 1.82) is 0 Å². The van der Waals surface area contributed by atoms with E-state index >= 15 is 0 Å². The second-order valence-corrected chi connectivity index (χ2v) is 7.70. The molecule has 156 valence electrons. The summed E-state index contributed by atoms with van der Waals surface area (Å²) in [5.74, 6) is -1.00. The number of carbonyl (C=O) groups excluding carboxylic acids is 3. The molecule has 0 spiro atoms. The fraction of sp³-hybridized carbons (Fsp3) is 0.348. The third-order valence-corrected chi connectivity index (χ3v) is 5.60. The summed E-state index contributed by atoms with van der Waals surface area (Å²) >= 11 is 0. The molecular formula is C23H24N2O5. The summed E-state index contributed by atoms with van der Waals surface area (Å²) in [6.07, 6.45) is 0.305. The number of carbonyl (C=O) groups is 3. The van der Waals surface area contributed by atoms with E-state index < -0.39 is 29.9 Å². The van der Waals surface area contributed by atoms with Gasteiger partial charge in [0.1, 0.15) is 5.75 Å². The zero-order valence-electron chi connectivity index (χ0n) is 16.4. The number of ether oxygens (including phenoxy) is 1. The number of piperidine rings is 1. The van der Waals surface area contributed by atoms with Crippen molar-refractivity contribution >= 4 is 17.5 Å². The van der Waals surface area contributed by atoms with Gasteiger partial charge in [0.05, 0.1) is 18.2 Å². The molecule has 7 nitrogen and oxygen atoms in total. The zero-order chi connectivity index (χ0) is 21.1. The number of rotatable bonds is 6. The number of aromatic hydroxyl groups is 1. The van der Waals surface area contributed by atoms with Gasteiger partial charge in [0.2, 0.25) is 0 Å². The number of nitrogens with one attached hydrogen (secondary N) is 2. The highest BCUT2D eigenvalue weighted by atomic mass is 16.5. The lowest BCUT2D eigenvalue weighted by Crippen LogP contribution is -2.50. The number of benzene rings is 2. The Labute approximate surface area is 174 Å². The van der Waals surface area contributed by atoms with Gasteiger partial charge in [-0.1, -0.05) is 30.3 Å². The average molecular weight is 408 g/mol. The molecule has 3 N–H and O–H groups in total. The van der Waals surface area contributed by atoms with Crippen LogP contribution in [-0.4, -0.2) is 53.4 Å². The van der Waals surface area contributed by atoms with E-state index in [4.69, 9.17) is 4.74 Å². The second kappa shape index (κ2) is 8.77. The molecule has 2 heterocycles. The fourth-order valence-corrected chi connectivity index (χ4v) is 4.01. The summed E-state index contributed by atoms with van der Waals surface area (Å²) in [5.41, 5.74) is 1.18. The van der Waals surface area contributed by atoms with Crippen molar-refractivity contribution in [3.63, 3.8) is 0 Å². The Kier molecular flexibility index (Phi) is 5.92. The molecule has 4 rings (SSSR count). The smallest absolute Gasteiger partial charge is 0.251 e. The first-order valence-electron chi connectivity index (χ1n) is 10.1. The van der Waals surface area contributed by atoms with Crippen LogP contribution >= 0.6 is 0 Å². The summed E-state index contributed by atoms with van der Waals surface area (Å²) in [6.45, 7) is 0.721. The average Bonchev–Trinajstić information content (AvgIpc) is 3.11. The Morgan fingerprint density at radius 1 is 1.13 bits per heavy atom. The molecule has 2 aromatic rings. The van der Waals surface area contributed by atoms with Gasteiger partial charge in [0, 0.05) is 5.56 Å². The zero-order valence-corrected chi connectivity index (χ0v) is 16.4. The molecule has 2 aliphatic rings. The SMILES string of the molecule is O=C(NC(Cc1ccc(O)cc1)C(=O)C1OC2CCCNC2C1=O)c1ccccc1. The molecule has 2 fully saturated rings. The molecule has 2 aromatic carbocycles. The molecule has 1 amide bonds. The van der Waals surface area contributed by atoms with Crippen molar-refractivity contribution in [2.24, 2.45) is 0 Å². The third-order valence-electron chi connectivity index (χ3n) is 5.60. The number of Topliss-reactive ketones (excluding diaryl/α,β-unsaturated/α-hetero) is 2. The van der Waals surface area contributed by atoms with E-state index in [-0.39, 0.29) is 24.1 Å². The van der Waals surface area contributed by atoms with Gasteiger partial charge in [-0.3, -0.25) is 14.4 Å². The lowest BCUT2D eigenvalue weighted by molar-refractivity contribution is -0.138. The number of fused-ring (bicyclic) bond motifs is 1. The molecule has 0 saturated carbocycles. The molecule has 0 radical (unpaired) electrons. The largest absolute Gasteiger partial charge is 0.508 e. The van der Waals surface area contributed by atoms with Gasteiger partial charge in [-0.05, 0) is 55.6 Å². The van der Waals surface area contributed by atoms with Gasteiger partial charge >= 0.3 is 0 Å². The molecule has 4 atom stereocenters. The van der Waals surface area contributed by atoms with Crippen molar-refractivity contribution in [1.82, 2.24) is 10.6 Å². The first-order chi connectivity index (χ1) is 14.5. The van der Waals surface area contributed by atoms with E-state index in [1.54, 1.807) is 42.5 Å². The highest BCUT2D eigenvalue weighted by molar-refractivity contribution is 6.12. The maximum atomic E-state index is 13.3. The van der Waals surface area contributed by atoms with Gasteiger partial charge in [-0.25, -0.2) is 0 Å². The highest BCUT2D eigenvalue weighted by Gasteiger charge is 2.49. The monoisotopic (exact) mass is 408 g/mol. The predicted octanol–water partition coefficient (Wildman–Crippen LogP) is 1.39. The van der Waals surface area contributed by atoms with E-state index in [0.717, 1.165) is 24.9 Å². The first-order valence-corrected chi connectivity index (χ1v) is 10.1. The van der Waals surface area contributed by atoms with Gasteiger partial charge in [0.15, 0.2) is 17.7 Å². The van der Waals surface area contributed by atoms with Crippen molar-refractivity contribution in [2.45, 2.75) is 43.6 Å². The Bertz CT molecular complexity index is 928. The molecule has 7 heteroatoms. The van der Waals surface area contributed by atoms with Gasteiger partial charge in [-0.15, -0.1) is 0 Å². The van der Waals surface area contributed by atoms with Crippen LogP contribution in [0, 0.1) is 0 Å². The predicted molar refractivity (Wildman–Crippen MR) is 109 cm³/mol. The lowest BCUT2D eigenvalue weighted by atomic mass is 9.93. The van der Waals surface area contributed by atoms with Gasteiger partial charge < -0.3 is 20.5 Å². The molecule has 0 bridgehead atoms. The van der Waals surface area contributed by atoms with Crippen LogP contribution in [0.25, 0.3) is 0 Å². The summed E-state index contributed by atoms with van der Waals surface area (Å²) in [7, 11) is 0. The maximum absolute atomic E-state index is 13.3. The van der Waals surface area contributed by atoms with Crippen molar-refractivity contribution in [3.05, 3.63) is 65.7 Å². The van der Waals surface area contributed by atoms with Crippen molar-refractivity contribution < 1.29 is 24.2 Å². The number of hydrogen-bond donors (Lipinski definition) is 3. The van der Waals surface area contributed by atoms with Gasteiger partial charge in [-0.2, -0.15) is 0 Å². The standard InChI is InChI=1S/C23H24N2O5/c26-16-10-8-14(9-11-16)13-17(25-23(29)15-5-2-1-3-6-15)20(27)22-21(28)19-18(30-22)7-4-12-24-19/h1-3,5-6,8-11,17-19,22,24,26H,4,7,12-13H2,(H,25,29). The number of ketones is 2. The van der Waals surface area contributed by atoms with Crippen LogP contribution in [0.3, 0.4) is 0 Å². The molecule has 4 unspecified atom stereocenters. The van der Waals surface area contributed by atoms with Crippen molar-refractivity contribution in [2.75, 3.05) is 6.54 Å². The van der Waals surface area contributed by atoms with Crippen LogP contribution in [0.1, 0.15) is 28.8 Å². The Balaban J connectivity index is 1.55. The van der Waals surface area contributed by atoms with Crippen LogP contribution < -0.4 is 10.6 Å². The van der Waals surface area contributed by atoms with Crippen LogP contribution in [-0.2, 0) is 20.7 Å². The molecule has 30 heavy (non-hydrogen) atoms. The maximum Gasteiger partial charge on any atom is 0.251 e. The molecule has 0 aromatic heterocycles. The summed E-state index contributed by atoms with van der Waals surface area (Å²) < 4.78 is 5.81. The fourth-order valence-electron chi connectivity index (χ4n) is 4.01. The molecular weight excluding hydrogens is 384 g/mol. The van der Waals surface area contributed by atoms with E-state index in [2.05, 4.69) is 10.6 Å². The van der Waals surface area contributed by atoms with E-state index in [1.807, 2.05) is 0 Å². The van der Waals surface area contributed by atoms with E-state index in [1.165, 1.54) is 12.1 Å². The minimum atomic E-state index is -1.19. The number of phenolic OH excluding ortho intramolecular Hbond substituents is 1. The van der Waals surface area contributed by atoms with Crippen LogP contribution in [0.15, 0.2) is 54.6 Å². The summed E-state index contributed by atoms with van der Waals surface area (Å²) in [5, 5.41) is 15.4. The first kappa shape index (κ1) is 20.3. The van der Waals surface area contributed by atoms with Crippen LogP contribution in [0.4, 0.5) is 0 Å². The third kappa shape index (κ3) is 4.27. The molecule has 0 aliphatic carbocycles. The lowest BCUT2D eigenvalue weighted by Gasteiger charge is -2.23. The summed E-state index contributed by atoms with van der Waals surface area (Å²) in [6, 6.07) is 13.6. The number of phenols is 1. The van der Waals surface area contributed by atoms with Crippen LogP contribution in [0.5, 0.6) is 5.75 Å². The normalized spacial score (nSPS) is 24.1. The Morgan fingerprint density at radius 3 is 2.57 bits per heavy atom. The molecule has 2 aliphatic heterocycles. The van der Waals surface area contributed by atoms with Crippen molar-refractivity contribution in [3.8, 4) is 5.75 Å². The Morgan fingerprint density at radius 2 is 1.87 bits per heavy atom. The topological polar surface area (TPSA) is 105 Å². The summed E-state index contributed by atoms with van der Waals surface area (Å²) in [4.78, 5) is 38.8. The number of hydrogen-bond acceptors (Lipinski definition) is 6. The molecule has 2 saturated heterocycles. The highest BCUT2D eigenvalue weighted by Crippen LogP contribution is 2.26. The number of amides is 1. The van der Waals surface area contributed by atoms with Gasteiger partial charge in [0.25, 0.3) is 5.91 Å². The quantitative estimate of drug-likeness (QED) is 0.624. The Hall–Kier alpha value is -3.03. The minimum absolute atomic E-state index is 0.111. The minimum Gasteiger partial charge on any atom is -0.508 e. The van der Waals surface area contributed by atoms with E-state index in [0.29, 0.717) is 5.56 Å². The second-order valence-electron chi connectivity index (χ2n) is 7.70.